The number of carbonyl (C=O) groups is 2. The smallest absolute Gasteiger partial charge is 0.339 e. The Morgan fingerprint density at radius 2 is 1.83 bits per heavy atom. The Morgan fingerprint density at radius 1 is 1.07 bits per heavy atom. The Balaban J connectivity index is 1.43. The summed E-state index contributed by atoms with van der Waals surface area (Å²) in [7, 11) is 1.28. The molecular weight excluding hydrogens is 400 g/mol. The van der Waals surface area contributed by atoms with Gasteiger partial charge >= 0.3 is 5.97 Å². The summed E-state index contributed by atoms with van der Waals surface area (Å²) in [5, 5.41) is 3.07. The van der Waals surface area contributed by atoms with E-state index in [1.54, 1.807) is 12.1 Å². The Kier molecular flexibility index (Phi) is 5.72. The van der Waals surface area contributed by atoms with E-state index in [1.807, 2.05) is 24.3 Å². The number of ether oxygens (including phenoxy) is 1. The fraction of sp³-hybridized carbons (Fsp3) is 0.167. The Hall–Kier alpha value is -3.31. The number of para-hydroxylation sites is 1. The lowest BCUT2D eigenvalue weighted by Crippen LogP contribution is -2.19. The quantitative estimate of drug-likeness (QED) is 0.594. The first kappa shape index (κ1) is 20.0. The molecule has 0 saturated carbocycles. The fourth-order valence-corrected chi connectivity index (χ4v) is 3.82. The number of nitrogens with one attached hydrogen (secondary N) is 1. The van der Waals surface area contributed by atoms with Crippen molar-refractivity contribution in [3.05, 3.63) is 94.0 Å². The summed E-state index contributed by atoms with van der Waals surface area (Å²) in [6.45, 7) is 1.80. The van der Waals surface area contributed by atoms with E-state index in [-0.39, 0.29) is 16.5 Å². The Morgan fingerprint density at radius 3 is 2.60 bits per heavy atom. The van der Waals surface area contributed by atoms with Crippen molar-refractivity contribution in [2.75, 3.05) is 23.9 Å². The van der Waals surface area contributed by atoms with E-state index in [0.717, 1.165) is 25.1 Å². The molecule has 0 spiro atoms. The molecule has 30 heavy (non-hydrogen) atoms. The van der Waals surface area contributed by atoms with Crippen LogP contribution in [0.5, 0.6) is 0 Å². The summed E-state index contributed by atoms with van der Waals surface area (Å²) >= 11 is 6.02. The third-order valence-corrected chi connectivity index (χ3v) is 5.53. The molecule has 0 atom stereocenters. The lowest BCUT2D eigenvalue weighted by Gasteiger charge is -2.19. The zero-order chi connectivity index (χ0) is 21.1. The van der Waals surface area contributed by atoms with Crippen LogP contribution in [-0.2, 0) is 17.7 Å². The lowest BCUT2D eigenvalue weighted by molar-refractivity contribution is 0.0600. The van der Waals surface area contributed by atoms with Crippen molar-refractivity contribution >= 4 is 34.9 Å². The maximum atomic E-state index is 12.6. The first-order valence-corrected chi connectivity index (χ1v) is 10.0. The fourth-order valence-electron chi connectivity index (χ4n) is 3.63. The number of methoxy groups -OCH3 is 1. The molecule has 0 fully saturated rings. The molecular formula is C24H21ClN2O3. The molecule has 0 bridgehead atoms. The van der Waals surface area contributed by atoms with Crippen molar-refractivity contribution in [3.63, 3.8) is 0 Å². The SMILES string of the molecule is COC(=O)c1cc(NC(=O)c2ccc(CN3CCc4ccccc43)cc2)ccc1Cl. The summed E-state index contributed by atoms with van der Waals surface area (Å²) in [4.78, 5) is 26.7. The number of benzene rings is 3. The molecule has 0 unspecified atom stereocenters. The van der Waals surface area contributed by atoms with Crippen LogP contribution in [0.1, 0.15) is 31.8 Å². The highest BCUT2D eigenvalue weighted by Crippen LogP contribution is 2.29. The molecule has 4 rings (SSSR count). The summed E-state index contributed by atoms with van der Waals surface area (Å²) in [5.74, 6) is -0.810. The van der Waals surface area contributed by atoms with E-state index >= 15 is 0 Å². The monoisotopic (exact) mass is 420 g/mol. The van der Waals surface area contributed by atoms with Crippen molar-refractivity contribution in [1.29, 1.82) is 0 Å². The van der Waals surface area contributed by atoms with Gasteiger partial charge in [0.15, 0.2) is 0 Å². The highest BCUT2D eigenvalue weighted by Gasteiger charge is 2.18. The van der Waals surface area contributed by atoms with E-state index in [4.69, 9.17) is 16.3 Å². The predicted molar refractivity (Wildman–Crippen MR) is 118 cm³/mol. The van der Waals surface area contributed by atoms with Gasteiger partial charge in [-0.05, 0) is 53.9 Å². The zero-order valence-electron chi connectivity index (χ0n) is 16.5. The van der Waals surface area contributed by atoms with Gasteiger partial charge in [0.25, 0.3) is 5.91 Å². The standard InChI is InChI=1S/C24H21ClN2O3/c1-30-24(29)20-14-19(10-11-21(20)25)26-23(28)18-8-6-16(7-9-18)15-27-13-12-17-4-2-3-5-22(17)27/h2-11,14H,12-13,15H2,1H3,(H,26,28). The molecule has 5 nitrogen and oxygen atoms in total. The van der Waals surface area contributed by atoms with Crippen molar-refractivity contribution < 1.29 is 14.3 Å². The number of anilines is 2. The number of halogens is 1. The first-order valence-electron chi connectivity index (χ1n) is 9.66. The maximum absolute atomic E-state index is 12.6. The van der Waals surface area contributed by atoms with Crippen LogP contribution < -0.4 is 10.2 Å². The van der Waals surface area contributed by atoms with E-state index in [1.165, 1.54) is 24.4 Å². The van der Waals surface area contributed by atoms with Crippen LogP contribution in [0, 0.1) is 0 Å². The summed E-state index contributed by atoms with van der Waals surface area (Å²) < 4.78 is 4.71. The Bertz CT molecular complexity index is 1100. The largest absolute Gasteiger partial charge is 0.465 e. The molecule has 1 aliphatic heterocycles. The molecule has 3 aromatic carbocycles. The molecule has 1 amide bonds. The van der Waals surface area contributed by atoms with Gasteiger partial charge in [-0.15, -0.1) is 0 Å². The summed E-state index contributed by atoms with van der Waals surface area (Å²) in [6, 6.07) is 20.7. The Labute approximate surface area is 180 Å². The number of nitrogens with zero attached hydrogens (tertiary/aromatic N) is 1. The number of esters is 1. The first-order chi connectivity index (χ1) is 14.5. The molecule has 6 heteroatoms. The second-order valence-electron chi connectivity index (χ2n) is 7.14. The molecule has 3 aromatic rings. The van der Waals surface area contributed by atoms with E-state index in [0.29, 0.717) is 11.3 Å². The number of amides is 1. The van der Waals surface area contributed by atoms with Gasteiger partial charge in [-0.1, -0.05) is 41.9 Å². The third kappa shape index (κ3) is 4.16. The van der Waals surface area contributed by atoms with Gasteiger partial charge in [0.2, 0.25) is 0 Å². The van der Waals surface area contributed by atoms with Crippen LogP contribution in [0.3, 0.4) is 0 Å². The summed E-state index contributed by atoms with van der Waals surface area (Å²) in [5.41, 5.74) is 5.02. The molecule has 0 aliphatic carbocycles. The molecule has 0 saturated heterocycles. The van der Waals surface area contributed by atoms with Gasteiger partial charge in [0, 0.05) is 30.0 Å². The van der Waals surface area contributed by atoms with Crippen molar-refractivity contribution in [1.82, 2.24) is 0 Å². The average Bonchev–Trinajstić information content (AvgIpc) is 3.18. The third-order valence-electron chi connectivity index (χ3n) is 5.20. The second kappa shape index (κ2) is 8.59. The molecule has 0 aromatic heterocycles. The van der Waals surface area contributed by atoms with Crippen LogP contribution in [-0.4, -0.2) is 25.5 Å². The van der Waals surface area contributed by atoms with Crippen molar-refractivity contribution in [2.24, 2.45) is 0 Å². The highest BCUT2D eigenvalue weighted by atomic mass is 35.5. The van der Waals surface area contributed by atoms with E-state index in [2.05, 4.69) is 34.5 Å². The minimum atomic E-state index is -0.552. The molecule has 152 valence electrons. The predicted octanol–water partition coefficient (Wildman–Crippen LogP) is 4.94. The number of hydrogen-bond acceptors (Lipinski definition) is 4. The van der Waals surface area contributed by atoms with Crippen LogP contribution in [0.25, 0.3) is 0 Å². The molecule has 0 radical (unpaired) electrons. The van der Waals surface area contributed by atoms with Gasteiger partial charge in [-0.3, -0.25) is 4.79 Å². The molecule has 1 heterocycles. The van der Waals surface area contributed by atoms with E-state index < -0.39 is 5.97 Å². The second-order valence-corrected chi connectivity index (χ2v) is 7.54. The number of hydrogen-bond donors (Lipinski definition) is 1. The topological polar surface area (TPSA) is 58.6 Å². The minimum Gasteiger partial charge on any atom is -0.465 e. The van der Waals surface area contributed by atoms with Crippen LogP contribution in [0.15, 0.2) is 66.7 Å². The van der Waals surface area contributed by atoms with Crippen LogP contribution in [0.4, 0.5) is 11.4 Å². The number of carbonyl (C=O) groups excluding carboxylic acids is 2. The van der Waals surface area contributed by atoms with Gasteiger partial charge in [0.05, 0.1) is 17.7 Å². The molecule has 1 aliphatic rings. The van der Waals surface area contributed by atoms with Gasteiger partial charge in [0.1, 0.15) is 0 Å². The zero-order valence-corrected chi connectivity index (χ0v) is 17.3. The molecule has 1 N–H and O–H groups in total. The van der Waals surface area contributed by atoms with Gasteiger partial charge in [-0.25, -0.2) is 4.79 Å². The lowest BCUT2D eigenvalue weighted by atomic mass is 10.1. The number of rotatable bonds is 5. The van der Waals surface area contributed by atoms with Crippen molar-refractivity contribution in [3.8, 4) is 0 Å². The van der Waals surface area contributed by atoms with Crippen LogP contribution >= 0.6 is 11.6 Å². The average molecular weight is 421 g/mol. The van der Waals surface area contributed by atoms with Gasteiger partial charge < -0.3 is 15.0 Å². The minimum absolute atomic E-state index is 0.207. The van der Waals surface area contributed by atoms with Gasteiger partial charge in [-0.2, -0.15) is 0 Å². The van der Waals surface area contributed by atoms with E-state index in [9.17, 15) is 9.59 Å². The highest BCUT2D eigenvalue weighted by molar-refractivity contribution is 6.33. The number of fused-ring (bicyclic) bond motifs is 1. The van der Waals surface area contributed by atoms with Crippen molar-refractivity contribution in [2.45, 2.75) is 13.0 Å². The summed E-state index contributed by atoms with van der Waals surface area (Å²) in [6.07, 6.45) is 1.06. The van der Waals surface area contributed by atoms with Crippen LogP contribution in [0.2, 0.25) is 5.02 Å². The normalized spacial score (nSPS) is 12.4. The maximum Gasteiger partial charge on any atom is 0.339 e.